The van der Waals surface area contributed by atoms with Gasteiger partial charge < -0.3 is 20.4 Å². The highest BCUT2D eigenvalue weighted by Gasteiger charge is 2.22. The molecule has 2 amide bonds. The highest BCUT2D eigenvalue weighted by atomic mass is 16.5. The summed E-state index contributed by atoms with van der Waals surface area (Å²) in [6.07, 6.45) is 1.71. The zero-order valence-electron chi connectivity index (χ0n) is 14.8. The minimum atomic E-state index is -0.0726. The summed E-state index contributed by atoms with van der Waals surface area (Å²) in [5, 5.41) is 6.80. The minimum absolute atomic E-state index is 0.0657. The van der Waals surface area contributed by atoms with Crippen LogP contribution in [0.15, 0.2) is 18.2 Å². The maximum absolute atomic E-state index is 12.5. The van der Waals surface area contributed by atoms with Gasteiger partial charge in [-0.05, 0) is 43.1 Å². The van der Waals surface area contributed by atoms with Gasteiger partial charge in [0.25, 0.3) is 11.8 Å². The molecule has 7 heteroatoms. The largest absolute Gasteiger partial charge is 0.379 e. The molecular weight excluding hydrogens is 332 g/mol. The number of fused-ring (bicyclic) bond motifs is 3. The molecule has 138 valence electrons. The molecule has 0 spiro atoms. The zero-order chi connectivity index (χ0) is 17.9. The smallest absolute Gasteiger partial charge is 0.268 e. The van der Waals surface area contributed by atoms with Gasteiger partial charge in [0.05, 0.1) is 13.2 Å². The van der Waals surface area contributed by atoms with Gasteiger partial charge in [-0.1, -0.05) is 0 Å². The summed E-state index contributed by atoms with van der Waals surface area (Å²) in [7, 11) is 0. The molecule has 0 unspecified atom stereocenters. The van der Waals surface area contributed by atoms with Crippen LogP contribution in [0.2, 0.25) is 0 Å². The summed E-state index contributed by atoms with van der Waals surface area (Å²) in [6, 6.07) is 5.57. The third-order valence-corrected chi connectivity index (χ3v) is 5.10. The van der Waals surface area contributed by atoms with Crippen LogP contribution in [-0.4, -0.2) is 67.6 Å². The summed E-state index contributed by atoms with van der Waals surface area (Å²) in [6.45, 7) is 5.80. The van der Waals surface area contributed by atoms with E-state index in [-0.39, 0.29) is 11.8 Å². The van der Waals surface area contributed by atoms with E-state index < -0.39 is 0 Å². The number of H-pyrrole nitrogens is 1. The maximum Gasteiger partial charge on any atom is 0.268 e. The Bertz CT molecular complexity index is 824. The second-order valence-corrected chi connectivity index (χ2v) is 6.81. The van der Waals surface area contributed by atoms with Crippen LogP contribution < -0.4 is 10.6 Å². The zero-order valence-corrected chi connectivity index (χ0v) is 14.8. The maximum atomic E-state index is 12.5. The van der Waals surface area contributed by atoms with Crippen molar-refractivity contribution in [2.75, 3.05) is 45.9 Å². The van der Waals surface area contributed by atoms with Gasteiger partial charge in [0.2, 0.25) is 0 Å². The fourth-order valence-corrected chi connectivity index (χ4v) is 3.66. The number of nitrogens with zero attached hydrogens (tertiary/aromatic N) is 1. The average Bonchev–Trinajstić information content (AvgIpc) is 3.05. The lowest BCUT2D eigenvalue weighted by Crippen LogP contribution is -2.38. The van der Waals surface area contributed by atoms with E-state index in [1.807, 2.05) is 12.1 Å². The number of carbonyl (C=O) groups excluding carboxylic acids is 2. The van der Waals surface area contributed by atoms with E-state index in [1.165, 1.54) is 0 Å². The molecule has 7 nitrogen and oxygen atoms in total. The molecule has 1 aromatic heterocycles. The van der Waals surface area contributed by atoms with Crippen LogP contribution in [0.25, 0.3) is 10.9 Å². The van der Waals surface area contributed by atoms with E-state index in [1.54, 1.807) is 6.07 Å². The molecular formula is C19H24N4O3. The fraction of sp³-hybridized carbons (Fsp3) is 0.474. The Morgan fingerprint density at radius 3 is 2.96 bits per heavy atom. The third-order valence-electron chi connectivity index (χ3n) is 5.10. The first-order chi connectivity index (χ1) is 12.7. The van der Waals surface area contributed by atoms with E-state index in [0.29, 0.717) is 24.3 Å². The van der Waals surface area contributed by atoms with E-state index >= 15 is 0 Å². The molecule has 1 aromatic carbocycles. The van der Waals surface area contributed by atoms with Gasteiger partial charge in [0, 0.05) is 42.6 Å². The van der Waals surface area contributed by atoms with Gasteiger partial charge in [-0.15, -0.1) is 0 Å². The molecule has 2 aromatic rings. The monoisotopic (exact) mass is 356 g/mol. The fourth-order valence-electron chi connectivity index (χ4n) is 3.66. The van der Waals surface area contributed by atoms with Gasteiger partial charge in [-0.2, -0.15) is 0 Å². The minimum Gasteiger partial charge on any atom is -0.379 e. The molecule has 0 aliphatic carbocycles. The van der Waals surface area contributed by atoms with Crippen molar-refractivity contribution in [2.45, 2.75) is 12.8 Å². The predicted octanol–water partition coefficient (Wildman–Crippen LogP) is 0.906. The number of nitrogens with one attached hydrogen (secondary N) is 3. The quantitative estimate of drug-likeness (QED) is 0.695. The molecule has 2 aliphatic heterocycles. The van der Waals surface area contributed by atoms with Crippen LogP contribution in [0.5, 0.6) is 0 Å². The number of aromatic nitrogens is 1. The highest BCUT2D eigenvalue weighted by Crippen LogP contribution is 2.26. The van der Waals surface area contributed by atoms with Crippen molar-refractivity contribution in [3.8, 4) is 0 Å². The SMILES string of the molecule is O=C(NCCCN1CCOCC1)c1ccc2[nH]c3c(c2c1)CCNC3=O. The molecule has 3 N–H and O–H groups in total. The van der Waals surface area contributed by atoms with Crippen LogP contribution in [0.3, 0.4) is 0 Å². The molecule has 0 saturated carbocycles. The van der Waals surface area contributed by atoms with Crippen LogP contribution >= 0.6 is 0 Å². The lowest BCUT2D eigenvalue weighted by molar-refractivity contribution is 0.0374. The summed E-state index contributed by atoms with van der Waals surface area (Å²) >= 11 is 0. The number of hydrogen-bond donors (Lipinski definition) is 3. The molecule has 1 fully saturated rings. The number of morpholine rings is 1. The highest BCUT2D eigenvalue weighted by molar-refractivity contribution is 6.04. The number of carbonyl (C=O) groups is 2. The molecule has 0 atom stereocenters. The second kappa shape index (κ2) is 7.47. The van der Waals surface area contributed by atoms with Gasteiger partial charge in [0.1, 0.15) is 5.69 Å². The molecule has 2 aliphatic rings. The molecule has 0 bridgehead atoms. The first-order valence-electron chi connectivity index (χ1n) is 9.23. The Kier molecular flexibility index (Phi) is 4.90. The third kappa shape index (κ3) is 3.45. The molecule has 3 heterocycles. The van der Waals surface area contributed by atoms with E-state index in [4.69, 9.17) is 4.74 Å². The summed E-state index contributed by atoms with van der Waals surface area (Å²) in [5.41, 5.74) is 3.16. The Morgan fingerprint density at radius 2 is 2.12 bits per heavy atom. The van der Waals surface area contributed by atoms with Crippen molar-refractivity contribution in [3.63, 3.8) is 0 Å². The number of ether oxygens (including phenoxy) is 1. The summed E-state index contributed by atoms with van der Waals surface area (Å²) in [4.78, 5) is 29.9. The van der Waals surface area contributed by atoms with Crippen molar-refractivity contribution >= 4 is 22.7 Å². The van der Waals surface area contributed by atoms with Crippen LogP contribution in [0, 0.1) is 0 Å². The number of rotatable bonds is 5. The van der Waals surface area contributed by atoms with Crippen molar-refractivity contribution < 1.29 is 14.3 Å². The topological polar surface area (TPSA) is 86.5 Å². The van der Waals surface area contributed by atoms with Gasteiger partial charge in [-0.3, -0.25) is 14.5 Å². The van der Waals surface area contributed by atoms with E-state index in [0.717, 1.165) is 62.2 Å². The van der Waals surface area contributed by atoms with Crippen molar-refractivity contribution in [1.82, 2.24) is 20.5 Å². The first-order valence-corrected chi connectivity index (χ1v) is 9.23. The van der Waals surface area contributed by atoms with E-state index in [9.17, 15) is 9.59 Å². The van der Waals surface area contributed by atoms with Crippen LogP contribution in [-0.2, 0) is 11.2 Å². The number of amides is 2. The second-order valence-electron chi connectivity index (χ2n) is 6.81. The van der Waals surface area contributed by atoms with Crippen LogP contribution in [0.1, 0.15) is 32.8 Å². The number of aromatic amines is 1. The standard InChI is InChI=1S/C19H24N4O3/c24-18(20-5-1-7-23-8-10-26-11-9-23)13-2-3-16-15(12-13)14-4-6-21-19(25)17(14)22-16/h2-3,12,22H,1,4-11H2,(H,20,24)(H,21,25). The van der Waals surface area contributed by atoms with Crippen molar-refractivity contribution in [2.24, 2.45) is 0 Å². The Morgan fingerprint density at radius 1 is 1.27 bits per heavy atom. The summed E-state index contributed by atoms with van der Waals surface area (Å²) in [5.74, 6) is -0.138. The molecule has 1 saturated heterocycles. The Balaban J connectivity index is 1.38. The molecule has 26 heavy (non-hydrogen) atoms. The molecule has 0 radical (unpaired) electrons. The average molecular weight is 356 g/mol. The lowest BCUT2D eigenvalue weighted by Gasteiger charge is -2.26. The lowest BCUT2D eigenvalue weighted by atomic mass is 10.0. The van der Waals surface area contributed by atoms with Gasteiger partial charge in [-0.25, -0.2) is 0 Å². The number of benzene rings is 1. The normalized spacial score (nSPS) is 17.8. The summed E-state index contributed by atoms with van der Waals surface area (Å²) < 4.78 is 5.34. The molecule has 4 rings (SSSR count). The first kappa shape index (κ1) is 17.1. The Hall–Kier alpha value is -2.38. The van der Waals surface area contributed by atoms with Gasteiger partial charge in [0.15, 0.2) is 0 Å². The predicted molar refractivity (Wildman–Crippen MR) is 98.5 cm³/mol. The number of hydrogen-bond acceptors (Lipinski definition) is 4. The van der Waals surface area contributed by atoms with Gasteiger partial charge >= 0.3 is 0 Å². The van der Waals surface area contributed by atoms with Crippen LogP contribution in [0.4, 0.5) is 0 Å². The Labute approximate surface area is 152 Å². The van der Waals surface area contributed by atoms with Crippen molar-refractivity contribution in [3.05, 3.63) is 35.0 Å². The van der Waals surface area contributed by atoms with Crippen molar-refractivity contribution in [1.29, 1.82) is 0 Å². The van der Waals surface area contributed by atoms with E-state index in [2.05, 4.69) is 20.5 Å².